The number of hydrogen-bond donors (Lipinski definition) is 3. The summed E-state index contributed by atoms with van der Waals surface area (Å²) < 4.78 is 82.0. The molecule has 0 bridgehead atoms. The minimum Gasteiger partial charge on any atom is -0.392 e. The van der Waals surface area contributed by atoms with Crippen LogP contribution in [0.4, 0.5) is 42.5 Å². The van der Waals surface area contributed by atoms with Crippen LogP contribution in [0.15, 0.2) is 54.6 Å². The molecule has 12 heteroatoms. The van der Waals surface area contributed by atoms with E-state index in [1.165, 1.54) is 18.2 Å². The number of anilines is 2. The van der Waals surface area contributed by atoms with Crippen LogP contribution in [0.3, 0.4) is 0 Å². The number of nitrogens with zero attached hydrogens (tertiary/aromatic N) is 1. The third-order valence-electron chi connectivity index (χ3n) is 5.89. The fraction of sp³-hybridized carbons (Fsp3) is 0.200. The van der Waals surface area contributed by atoms with Gasteiger partial charge in [0.15, 0.2) is 11.6 Å². The van der Waals surface area contributed by atoms with Gasteiger partial charge in [-0.15, -0.1) is 0 Å². The molecule has 0 spiro atoms. The normalized spacial score (nSPS) is 15.7. The topological polar surface area (TPSA) is 81.7 Å². The molecule has 3 N–H and O–H groups in total. The third kappa shape index (κ3) is 5.24. The average molecular weight is 523 g/mol. The summed E-state index contributed by atoms with van der Waals surface area (Å²) in [5.74, 6) is -4.61. The van der Waals surface area contributed by atoms with E-state index in [2.05, 4.69) is 5.32 Å². The van der Waals surface area contributed by atoms with E-state index in [4.69, 9.17) is 0 Å². The van der Waals surface area contributed by atoms with Crippen molar-refractivity contribution >= 4 is 23.3 Å². The molecular weight excluding hydrogens is 504 g/mol. The van der Waals surface area contributed by atoms with Crippen LogP contribution in [0.1, 0.15) is 17.5 Å². The van der Waals surface area contributed by atoms with E-state index in [-0.39, 0.29) is 35.8 Å². The summed E-state index contributed by atoms with van der Waals surface area (Å²) in [4.78, 5) is 26.0. The van der Waals surface area contributed by atoms with Crippen molar-refractivity contribution < 1.29 is 41.0 Å². The number of carbonyl (C=O) groups is 2. The number of aliphatic hydroxyl groups excluding tert-OH is 1. The molecule has 1 atom stereocenters. The number of urea groups is 1. The molecule has 1 saturated heterocycles. The number of aliphatic hydroxyl groups is 1. The van der Waals surface area contributed by atoms with Crippen molar-refractivity contribution in [3.05, 3.63) is 83.2 Å². The van der Waals surface area contributed by atoms with Gasteiger partial charge in [-0.25, -0.2) is 18.0 Å². The molecule has 3 amide bonds. The van der Waals surface area contributed by atoms with Gasteiger partial charge in [0.05, 0.1) is 23.5 Å². The maximum atomic E-state index is 15.0. The summed E-state index contributed by atoms with van der Waals surface area (Å²) in [5.41, 5.74) is -1.58. The van der Waals surface area contributed by atoms with E-state index >= 15 is 0 Å². The molecule has 1 aliphatic rings. The minimum atomic E-state index is -4.77. The molecule has 6 nitrogen and oxygen atoms in total. The highest BCUT2D eigenvalue weighted by molar-refractivity contribution is 6.02. The van der Waals surface area contributed by atoms with Crippen LogP contribution in [0.25, 0.3) is 11.1 Å². The monoisotopic (exact) mass is 523 g/mol. The SMILES string of the molecule is O=C(Nc1ccc(C(F)(F)F)cc1F)N[C@@H]1CCN(c2ccc(-c3ccccc3CO)c(F)c2F)C1=O. The lowest BCUT2D eigenvalue weighted by atomic mass is 9.99. The van der Waals surface area contributed by atoms with Gasteiger partial charge in [0.2, 0.25) is 5.91 Å². The molecular formula is C25H19F6N3O3. The van der Waals surface area contributed by atoms with E-state index < -0.39 is 59.5 Å². The molecule has 0 aliphatic carbocycles. The lowest BCUT2D eigenvalue weighted by Gasteiger charge is -2.20. The van der Waals surface area contributed by atoms with Gasteiger partial charge in [0, 0.05) is 12.1 Å². The molecule has 3 aromatic carbocycles. The molecule has 1 aliphatic heterocycles. The van der Waals surface area contributed by atoms with Crippen LogP contribution in [0, 0.1) is 17.5 Å². The van der Waals surface area contributed by atoms with Gasteiger partial charge >= 0.3 is 12.2 Å². The lowest BCUT2D eigenvalue weighted by molar-refractivity contribution is -0.137. The van der Waals surface area contributed by atoms with Crippen molar-refractivity contribution in [2.24, 2.45) is 0 Å². The Bertz CT molecular complexity index is 1360. The number of benzene rings is 3. The Morgan fingerprint density at radius 1 is 1.00 bits per heavy atom. The smallest absolute Gasteiger partial charge is 0.392 e. The zero-order valence-corrected chi connectivity index (χ0v) is 18.9. The van der Waals surface area contributed by atoms with Crippen LogP contribution >= 0.6 is 0 Å². The molecule has 1 heterocycles. The summed E-state index contributed by atoms with van der Waals surface area (Å²) in [7, 11) is 0. The fourth-order valence-electron chi connectivity index (χ4n) is 4.04. The molecule has 0 radical (unpaired) electrons. The largest absolute Gasteiger partial charge is 0.416 e. The highest BCUT2D eigenvalue weighted by Gasteiger charge is 2.36. The molecule has 194 valence electrons. The van der Waals surface area contributed by atoms with Crippen LogP contribution in [0.5, 0.6) is 0 Å². The number of hydrogen-bond acceptors (Lipinski definition) is 3. The van der Waals surface area contributed by atoms with Gasteiger partial charge in [-0.1, -0.05) is 24.3 Å². The molecule has 1 fully saturated rings. The van der Waals surface area contributed by atoms with Crippen LogP contribution < -0.4 is 15.5 Å². The Morgan fingerprint density at radius 2 is 1.73 bits per heavy atom. The predicted octanol–water partition coefficient (Wildman–Crippen LogP) is 5.21. The Labute approximate surface area is 206 Å². The number of halogens is 6. The second kappa shape index (κ2) is 10.1. The van der Waals surface area contributed by atoms with Gasteiger partial charge < -0.3 is 20.6 Å². The first kappa shape index (κ1) is 26.0. The van der Waals surface area contributed by atoms with Crippen molar-refractivity contribution in [3.63, 3.8) is 0 Å². The molecule has 0 aromatic heterocycles. The summed E-state index contributed by atoms with van der Waals surface area (Å²) in [6, 6.07) is 8.09. The van der Waals surface area contributed by atoms with Crippen molar-refractivity contribution in [2.75, 3.05) is 16.8 Å². The predicted molar refractivity (Wildman–Crippen MR) is 122 cm³/mol. The number of rotatable bonds is 5. The van der Waals surface area contributed by atoms with Crippen LogP contribution in [-0.2, 0) is 17.6 Å². The number of amides is 3. The average Bonchev–Trinajstić information content (AvgIpc) is 3.21. The van der Waals surface area contributed by atoms with Crippen molar-refractivity contribution in [1.29, 1.82) is 0 Å². The van der Waals surface area contributed by atoms with E-state index in [1.54, 1.807) is 18.2 Å². The standard InChI is InChI=1S/C25H19F6N3O3/c26-17-11-14(25(29,30)31)5-7-18(17)32-24(37)33-19-9-10-34(23(19)36)20-8-6-16(21(27)22(20)28)15-4-2-1-3-13(15)12-35/h1-8,11,19,35H,9-10,12H2,(H2,32,33,37)/t19-/m1/s1. The van der Waals surface area contributed by atoms with Gasteiger partial charge in [-0.2, -0.15) is 13.2 Å². The Kier molecular flexibility index (Phi) is 7.12. The fourth-order valence-corrected chi connectivity index (χ4v) is 4.04. The highest BCUT2D eigenvalue weighted by Crippen LogP contribution is 2.34. The summed E-state index contributed by atoms with van der Waals surface area (Å²) in [5, 5.41) is 13.8. The van der Waals surface area contributed by atoms with Crippen molar-refractivity contribution in [3.8, 4) is 11.1 Å². The molecule has 0 saturated carbocycles. The zero-order chi connectivity index (χ0) is 26.9. The summed E-state index contributed by atoms with van der Waals surface area (Å²) in [6.07, 6.45) is -4.76. The van der Waals surface area contributed by atoms with Crippen molar-refractivity contribution in [2.45, 2.75) is 25.2 Å². The Morgan fingerprint density at radius 3 is 2.41 bits per heavy atom. The van der Waals surface area contributed by atoms with E-state index in [0.29, 0.717) is 11.6 Å². The maximum absolute atomic E-state index is 15.0. The molecule has 0 unspecified atom stereocenters. The van der Waals surface area contributed by atoms with Crippen LogP contribution in [-0.4, -0.2) is 29.6 Å². The van der Waals surface area contributed by atoms with Gasteiger partial charge in [0.25, 0.3) is 0 Å². The number of alkyl halides is 3. The van der Waals surface area contributed by atoms with Crippen molar-refractivity contribution in [1.82, 2.24) is 5.32 Å². The van der Waals surface area contributed by atoms with E-state index in [0.717, 1.165) is 11.0 Å². The van der Waals surface area contributed by atoms with E-state index in [9.17, 15) is 41.0 Å². The first-order valence-electron chi connectivity index (χ1n) is 10.9. The highest BCUT2D eigenvalue weighted by atomic mass is 19.4. The number of nitrogens with one attached hydrogen (secondary N) is 2. The van der Waals surface area contributed by atoms with Gasteiger partial charge in [-0.3, -0.25) is 4.79 Å². The summed E-state index contributed by atoms with van der Waals surface area (Å²) >= 11 is 0. The quantitative estimate of drug-likeness (QED) is 0.402. The second-order valence-corrected chi connectivity index (χ2v) is 8.20. The molecule has 37 heavy (non-hydrogen) atoms. The Balaban J connectivity index is 1.47. The first-order chi connectivity index (χ1) is 17.5. The second-order valence-electron chi connectivity index (χ2n) is 8.20. The summed E-state index contributed by atoms with van der Waals surface area (Å²) in [6.45, 7) is -0.462. The van der Waals surface area contributed by atoms with Crippen LogP contribution in [0.2, 0.25) is 0 Å². The zero-order valence-electron chi connectivity index (χ0n) is 18.9. The maximum Gasteiger partial charge on any atom is 0.416 e. The van der Waals surface area contributed by atoms with Gasteiger partial charge in [-0.05, 0) is 47.9 Å². The minimum absolute atomic E-state index is 0.0118. The third-order valence-corrected chi connectivity index (χ3v) is 5.89. The number of carbonyl (C=O) groups excluding carboxylic acids is 2. The Hall–Kier alpha value is -4.06. The van der Waals surface area contributed by atoms with Gasteiger partial charge in [0.1, 0.15) is 11.9 Å². The molecule has 4 rings (SSSR count). The lowest BCUT2D eigenvalue weighted by Crippen LogP contribution is -2.43. The van der Waals surface area contributed by atoms with E-state index in [1.807, 2.05) is 5.32 Å². The molecule has 3 aromatic rings. The first-order valence-corrected chi connectivity index (χ1v) is 10.9.